The molecule has 1 aliphatic rings. The van der Waals surface area contributed by atoms with Crippen molar-refractivity contribution in [3.8, 4) is 0 Å². The third kappa shape index (κ3) is 5.49. The van der Waals surface area contributed by atoms with Gasteiger partial charge in [0.25, 0.3) is 0 Å². The van der Waals surface area contributed by atoms with E-state index in [0.717, 1.165) is 0 Å². The molecule has 0 aromatic carbocycles. The van der Waals surface area contributed by atoms with Crippen molar-refractivity contribution < 1.29 is 14.4 Å². The van der Waals surface area contributed by atoms with E-state index in [2.05, 4.69) is 0 Å². The fraction of sp³-hybridized carbons (Fsp3) is 0.833. The topological polar surface area (TPSA) is 60.9 Å². The molecular formula is C18H33N3O3. The second-order valence-corrected chi connectivity index (χ2v) is 7.44. The Morgan fingerprint density at radius 3 is 0.792 bits per heavy atom. The molecule has 0 radical (unpaired) electrons. The van der Waals surface area contributed by atoms with E-state index in [-0.39, 0.29) is 35.5 Å². The summed E-state index contributed by atoms with van der Waals surface area (Å²) in [5.74, 6) is -0.0415. The molecule has 0 atom stereocenters. The molecule has 0 spiro atoms. The molecule has 3 amide bonds. The molecule has 0 aromatic heterocycles. The number of carbonyl (C=O) groups is 3. The van der Waals surface area contributed by atoms with Crippen LogP contribution in [0.5, 0.6) is 0 Å². The highest BCUT2D eigenvalue weighted by Gasteiger charge is 2.26. The molecule has 1 heterocycles. The van der Waals surface area contributed by atoms with Gasteiger partial charge in [0.15, 0.2) is 0 Å². The number of carbonyl (C=O) groups excluding carboxylic acids is 3. The van der Waals surface area contributed by atoms with Gasteiger partial charge < -0.3 is 14.7 Å². The maximum atomic E-state index is 12.4. The van der Waals surface area contributed by atoms with E-state index in [1.54, 1.807) is 14.7 Å². The maximum absolute atomic E-state index is 12.4. The van der Waals surface area contributed by atoms with Gasteiger partial charge in [-0.3, -0.25) is 14.4 Å². The van der Waals surface area contributed by atoms with Crippen molar-refractivity contribution in [2.75, 3.05) is 39.3 Å². The Bertz CT molecular complexity index is 382. The lowest BCUT2D eigenvalue weighted by Gasteiger charge is -2.28. The Kier molecular flexibility index (Phi) is 7.70. The van der Waals surface area contributed by atoms with Gasteiger partial charge in [-0.05, 0) is 0 Å². The van der Waals surface area contributed by atoms with Gasteiger partial charge in [0.1, 0.15) is 0 Å². The summed E-state index contributed by atoms with van der Waals surface area (Å²) < 4.78 is 0. The molecule has 138 valence electrons. The van der Waals surface area contributed by atoms with Crippen molar-refractivity contribution >= 4 is 17.7 Å². The van der Waals surface area contributed by atoms with Gasteiger partial charge in [-0.1, -0.05) is 41.5 Å². The van der Waals surface area contributed by atoms with E-state index < -0.39 is 0 Å². The van der Waals surface area contributed by atoms with Gasteiger partial charge in [0.2, 0.25) is 17.7 Å². The molecule has 1 aliphatic heterocycles. The van der Waals surface area contributed by atoms with E-state index in [4.69, 9.17) is 0 Å². The number of rotatable bonds is 3. The van der Waals surface area contributed by atoms with Crippen LogP contribution in [-0.2, 0) is 14.4 Å². The van der Waals surface area contributed by atoms with E-state index in [1.807, 2.05) is 41.5 Å². The first kappa shape index (κ1) is 20.5. The molecule has 1 saturated heterocycles. The zero-order chi connectivity index (χ0) is 18.4. The van der Waals surface area contributed by atoms with Crippen molar-refractivity contribution in [1.29, 1.82) is 0 Å². The molecule has 24 heavy (non-hydrogen) atoms. The first-order chi connectivity index (χ1) is 11.1. The standard InChI is InChI=1S/C18H33N3O3/c1-13(2)16(22)19-7-9-20(17(23)14(3)4)11-12-21(10-8-19)18(24)15(5)6/h13-15H,7-12H2,1-6H3. The van der Waals surface area contributed by atoms with Crippen molar-refractivity contribution in [3.63, 3.8) is 0 Å². The average molecular weight is 339 g/mol. The minimum Gasteiger partial charge on any atom is -0.339 e. The number of amides is 3. The van der Waals surface area contributed by atoms with Gasteiger partial charge in [0, 0.05) is 57.0 Å². The monoisotopic (exact) mass is 339 g/mol. The zero-order valence-corrected chi connectivity index (χ0v) is 16.0. The normalized spacial score (nSPS) is 17.1. The molecule has 1 rings (SSSR count). The van der Waals surface area contributed by atoms with Crippen LogP contribution >= 0.6 is 0 Å². The molecule has 0 bridgehead atoms. The highest BCUT2D eigenvalue weighted by atomic mass is 16.2. The van der Waals surface area contributed by atoms with Crippen molar-refractivity contribution in [1.82, 2.24) is 14.7 Å². The summed E-state index contributed by atoms with van der Waals surface area (Å²) in [5.41, 5.74) is 0. The third-order valence-corrected chi connectivity index (χ3v) is 4.34. The molecule has 0 N–H and O–H groups in total. The lowest BCUT2D eigenvalue weighted by atomic mass is 10.1. The Labute approximate surface area is 146 Å². The van der Waals surface area contributed by atoms with Gasteiger partial charge >= 0.3 is 0 Å². The Hall–Kier alpha value is -1.59. The molecule has 0 unspecified atom stereocenters. The Morgan fingerprint density at radius 1 is 0.500 bits per heavy atom. The predicted molar refractivity (Wildman–Crippen MR) is 94.3 cm³/mol. The summed E-state index contributed by atoms with van der Waals surface area (Å²) in [4.78, 5) is 42.6. The van der Waals surface area contributed by atoms with Gasteiger partial charge in [-0.25, -0.2) is 0 Å². The largest absolute Gasteiger partial charge is 0.339 e. The molecule has 6 heteroatoms. The van der Waals surface area contributed by atoms with Gasteiger partial charge in [0.05, 0.1) is 0 Å². The lowest BCUT2D eigenvalue weighted by Crippen LogP contribution is -2.44. The summed E-state index contributed by atoms with van der Waals surface area (Å²) in [6, 6.07) is 0. The molecule has 0 saturated carbocycles. The third-order valence-electron chi connectivity index (χ3n) is 4.34. The molecule has 0 aliphatic carbocycles. The van der Waals surface area contributed by atoms with Crippen LogP contribution in [-0.4, -0.2) is 71.7 Å². The number of nitrogens with zero attached hydrogens (tertiary/aromatic N) is 3. The van der Waals surface area contributed by atoms with E-state index >= 15 is 0 Å². The van der Waals surface area contributed by atoms with Crippen molar-refractivity contribution in [3.05, 3.63) is 0 Å². The first-order valence-electron chi connectivity index (χ1n) is 9.01. The first-order valence-corrected chi connectivity index (χ1v) is 9.01. The summed E-state index contributed by atoms with van der Waals surface area (Å²) in [7, 11) is 0. The van der Waals surface area contributed by atoms with Gasteiger partial charge in [-0.15, -0.1) is 0 Å². The quantitative estimate of drug-likeness (QED) is 0.782. The van der Waals surface area contributed by atoms with Crippen LogP contribution in [0.4, 0.5) is 0 Å². The van der Waals surface area contributed by atoms with Crippen LogP contribution in [0.2, 0.25) is 0 Å². The Morgan fingerprint density at radius 2 is 0.667 bits per heavy atom. The SMILES string of the molecule is CC(C)C(=O)N1CCN(C(=O)C(C)C)CCN(C(=O)C(C)C)CC1. The van der Waals surface area contributed by atoms with Crippen LogP contribution in [0.25, 0.3) is 0 Å². The summed E-state index contributed by atoms with van der Waals surface area (Å²) >= 11 is 0. The van der Waals surface area contributed by atoms with Gasteiger partial charge in [-0.2, -0.15) is 0 Å². The van der Waals surface area contributed by atoms with E-state index in [0.29, 0.717) is 39.3 Å². The number of hydrogen-bond acceptors (Lipinski definition) is 3. The summed E-state index contributed by atoms with van der Waals surface area (Å²) in [6.07, 6.45) is 0. The Balaban J connectivity index is 2.97. The van der Waals surface area contributed by atoms with Crippen molar-refractivity contribution in [2.45, 2.75) is 41.5 Å². The predicted octanol–water partition coefficient (Wildman–Crippen LogP) is 1.45. The van der Waals surface area contributed by atoms with Crippen LogP contribution in [0, 0.1) is 17.8 Å². The van der Waals surface area contributed by atoms with Crippen LogP contribution in [0.3, 0.4) is 0 Å². The fourth-order valence-corrected chi connectivity index (χ4v) is 2.82. The molecular weight excluding hydrogens is 306 g/mol. The average Bonchev–Trinajstić information content (AvgIpc) is 2.62. The van der Waals surface area contributed by atoms with Crippen LogP contribution in [0.15, 0.2) is 0 Å². The highest BCUT2D eigenvalue weighted by Crippen LogP contribution is 2.10. The lowest BCUT2D eigenvalue weighted by molar-refractivity contribution is -0.138. The highest BCUT2D eigenvalue weighted by molar-refractivity contribution is 5.80. The van der Waals surface area contributed by atoms with E-state index in [1.165, 1.54) is 0 Å². The molecule has 1 fully saturated rings. The molecule has 0 aromatic rings. The summed E-state index contributed by atoms with van der Waals surface area (Å²) in [5, 5.41) is 0. The molecule has 6 nitrogen and oxygen atoms in total. The zero-order valence-electron chi connectivity index (χ0n) is 16.0. The maximum Gasteiger partial charge on any atom is 0.225 e. The summed E-state index contributed by atoms with van der Waals surface area (Å²) in [6.45, 7) is 14.4. The fourth-order valence-electron chi connectivity index (χ4n) is 2.82. The van der Waals surface area contributed by atoms with Crippen LogP contribution in [0.1, 0.15) is 41.5 Å². The van der Waals surface area contributed by atoms with E-state index in [9.17, 15) is 14.4 Å². The number of hydrogen-bond donors (Lipinski definition) is 0. The second-order valence-electron chi connectivity index (χ2n) is 7.44. The minimum absolute atomic E-state index is 0.0748. The van der Waals surface area contributed by atoms with Crippen LogP contribution < -0.4 is 0 Å². The minimum atomic E-state index is -0.0887. The van der Waals surface area contributed by atoms with Crippen molar-refractivity contribution in [2.24, 2.45) is 17.8 Å². The second kappa shape index (κ2) is 9.04. The smallest absolute Gasteiger partial charge is 0.225 e.